The summed E-state index contributed by atoms with van der Waals surface area (Å²) in [5, 5.41) is 11.5. The summed E-state index contributed by atoms with van der Waals surface area (Å²) in [6, 6.07) is 7.08. The van der Waals surface area contributed by atoms with E-state index in [0.717, 1.165) is 3.57 Å². The SMILES string of the molecule is CC(CN(C)C(=O)Nc1cccc(I)c1)C(=O)O. The molecule has 0 saturated heterocycles. The molecule has 0 aliphatic carbocycles. The molecule has 1 unspecified atom stereocenters. The lowest BCUT2D eigenvalue weighted by molar-refractivity contribution is -0.141. The van der Waals surface area contributed by atoms with Crippen molar-refractivity contribution in [2.75, 3.05) is 18.9 Å². The van der Waals surface area contributed by atoms with Crippen LogP contribution in [0.25, 0.3) is 0 Å². The van der Waals surface area contributed by atoms with E-state index in [1.807, 2.05) is 18.2 Å². The molecule has 1 atom stereocenters. The summed E-state index contributed by atoms with van der Waals surface area (Å²) in [6.07, 6.45) is 0. The number of anilines is 1. The predicted molar refractivity (Wildman–Crippen MR) is 77.6 cm³/mol. The molecule has 98 valence electrons. The molecule has 1 aromatic carbocycles. The van der Waals surface area contributed by atoms with Crippen LogP contribution in [0.1, 0.15) is 6.92 Å². The number of aliphatic carboxylic acids is 1. The van der Waals surface area contributed by atoms with Crippen molar-refractivity contribution in [1.82, 2.24) is 4.90 Å². The van der Waals surface area contributed by atoms with E-state index in [2.05, 4.69) is 27.9 Å². The van der Waals surface area contributed by atoms with Crippen molar-refractivity contribution in [1.29, 1.82) is 0 Å². The molecular weight excluding hydrogens is 347 g/mol. The molecule has 0 aromatic heterocycles. The quantitative estimate of drug-likeness (QED) is 0.809. The van der Waals surface area contributed by atoms with Crippen LogP contribution >= 0.6 is 22.6 Å². The molecule has 0 radical (unpaired) electrons. The monoisotopic (exact) mass is 362 g/mol. The summed E-state index contributed by atoms with van der Waals surface area (Å²) in [4.78, 5) is 23.9. The van der Waals surface area contributed by atoms with Crippen molar-refractivity contribution in [2.24, 2.45) is 5.92 Å². The normalized spacial score (nSPS) is 11.7. The summed E-state index contributed by atoms with van der Waals surface area (Å²) in [6.45, 7) is 1.74. The summed E-state index contributed by atoms with van der Waals surface area (Å²) in [5.74, 6) is -1.50. The van der Waals surface area contributed by atoms with Crippen LogP contribution in [-0.4, -0.2) is 35.6 Å². The van der Waals surface area contributed by atoms with Gasteiger partial charge in [0.15, 0.2) is 0 Å². The third-order valence-electron chi connectivity index (χ3n) is 2.39. The Morgan fingerprint density at radius 1 is 1.50 bits per heavy atom. The summed E-state index contributed by atoms with van der Waals surface area (Å²) in [5.41, 5.74) is 0.696. The Morgan fingerprint density at radius 3 is 2.72 bits per heavy atom. The maximum absolute atomic E-state index is 11.8. The Morgan fingerprint density at radius 2 is 2.17 bits per heavy atom. The number of carbonyl (C=O) groups is 2. The molecule has 0 heterocycles. The van der Waals surface area contributed by atoms with Gasteiger partial charge in [-0.1, -0.05) is 13.0 Å². The second-order valence-corrected chi connectivity index (χ2v) is 5.31. The number of nitrogens with one attached hydrogen (secondary N) is 1. The second-order valence-electron chi connectivity index (χ2n) is 4.06. The highest BCUT2D eigenvalue weighted by molar-refractivity contribution is 14.1. The average molecular weight is 362 g/mol. The van der Waals surface area contributed by atoms with Crippen molar-refractivity contribution in [3.63, 3.8) is 0 Å². The molecule has 0 aliphatic rings. The van der Waals surface area contributed by atoms with Gasteiger partial charge < -0.3 is 15.3 Å². The fraction of sp³-hybridized carbons (Fsp3) is 0.333. The predicted octanol–water partition coefficient (Wildman–Crippen LogP) is 2.48. The maximum Gasteiger partial charge on any atom is 0.321 e. The van der Waals surface area contributed by atoms with Gasteiger partial charge in [0.25, 0.3) is 0 Å². The fourth-order valence-corrected chi connectivity index (χ4v) is 1.90. The van der Waals surface area contributed by atoms with Gasteiger partial charge in [0.05, 0.1) is 5.92 Å². The molecule has 0 saturated carbocycles. The number of urea groups is 1. The van der Waals surface area contributed by atoms with Crippen LogP contribution in [0.5, 0.6) is 0 Å². The zero-order chi connectivity index (χ0) is 13.7. The number of halogens is 1. The Bertz CT molecular complexity index is 451. The molecule has 5 nitrogen and oxygen atoms in total. The van der Waals surface area contributed by atoms with Gasteiger partial charge in [-0.2, -0.15) is 0 Å². The van der Waals surface area contributed by atoms with Gasteiger partial charge >= 0.3 is 12.0 Å². The van der Waals surface area contributed by atoms with E-state index in [4.69, 9.17) is 5.11 Å². The van der Waals surface area contributed by atoms with Gasteiger partial charge in [0, 0.05) is 22.8 Å². The van der Waals surface area contributed by atoms with Crippen molar-refractivity contribution in [3.8, 4) is 0 Å². The van der Waals surface area contributed by atoms with E-state index >= 15 is 0 Å². The molecule has 2 N–H and O–H groups in total. The van der Waals surface area contributed by atoms with Crippen LogP contribution in [0.15, 0.2) is 24.3 Å². The zero-order valence-corrected chi connectivity index (χ0v) is 12.3. The molecule has 0 fully saturated rings. The van der Waals surface area contributed by atoms with Gasteiger partial charge in [-0.05, 0) is 40.8 Å². The molecule has 6 heteroatoms. The van der Waals surface area contributed by atoms with Gasteiger partial charge in [0.1, 0.15) is 0 Å². The van der Waals surface area contributed by atoms with E-state index in [-0.39, 0.29) is 12.6 Å². The number of hydrogen-bond acceptors (Lipinski definition) is 2. The van der Waals surface area contributed by atoms with E-state index in [1.165, 1.54) is 4.90 Å². The number of carboxylic acid groups (broad SMARTS) is 1. The molecule has 0 spiro atoms. The summed E-state index contributed by atoms with van der Waals surface area (Å²) < 4.78 is 1.02. The van der Waals surface area contributed by atoms with Crippen LogP contribution in [0.3, 0.4) is 0 Å². The largest absolute Gasteiger partial charge is 0.481 e. The number of carbonyl (C=O) groups excluding carboxylic acids is 1. The lowest BCUT2D eigenvalue weighted by Crippen LogP contribution is -2.36. The number of benzene rings is 1. The van der Waals surface area contributed by atoms with Crippen molar-refractivity contribution < 1.29 is 14.7 Å². The number of carboxylic acids is 1. The van der Waals surface area contributed by atoms with Crippen molar-refractivity contribution in [2.45, 2.75) is 6.92 Å². The molecule has 2 amide bonds. The Balaban J connectivity index is 2.57. The Kier molecular flexibility index (Phi) is 5.39. The van der Waals surface area contributed by atoms with Gasteiger partial charge in [-0.15, -0.1) is 0 Å². The van der Waals surface area contributed by atoms with E-state index in [1.54, 1.807) is 20.0 Å². The first-order valence-electron chi connectivity index (χ1n) is 5.40. The van der Waals surface area contributed by atoms with Crippen molar-refractivity contribution >= 4 is 40.3 Å². The van der Waals surface area contributed by atoms with Crippen LogP contribution in [0.2, 0.25) is 0 Å². The smallest absolute Gasteiger partial charge is 0.321 e. The van der Waals surface area contributed by atoms with E-state index in [9.17, 15) is 9.59 Å². The zero-order valence-electron chi connectivity index (χ0n) is 10.2. The van der Waals surface area contributed by atoms with Gasteiger partial charge in [-0.3, -0.25) is 4.79 Å². The van der Waals surface area contributed by atoms with E-state index < -0.39 is 11.9 Å². The standard InChI is InChI=1S/C12H15IN2O3/c1-8(11(16)17)7-15(2)12(18)14-10-5-3-4-9(13)6-10/h3-6,8H,7H2,1-2H3,(H,14,18)(H,16,17). The number of hydrogen-bond donors (Lipinski definition) is 2. The third-order valence-corrected chi connectivity index (χ3v) is 3.06. The first kappa shape index (κ1) is 14.7. The Labute approximate surface area is 119 Å². The number of amides is 2. The minimum atomic E-state index is -0.913. The third kappa shape index (κ3) is 4.52. The lowest BCUT2D eigenvalue weighted by Gasteiger charge is -2.20. The molecular formula is C12H15IN2O3. The molecule has 0 bridgehead atoms. The average Bonchev–Trinajstić information content (AvgIpc) is 2.28. The number of nitrogens with zero attached hydrogens (tertiary/aromatic N) is 1. The van der Waals surface area contributed by atoms with Crippen LogP contribution < -0.4 is 5.32 Å². The summed E-state index contributed by atoms with van der Waals surface area (Å²) >= 11 is 2.16. The van der Waals surface area contributed by atoms with Crippen LogP contribution in [0.4, 0.5) is 10.5 Å². The molecule has 1 aromatic rings. The topological polar surface area (TPSA) is 69.6 Å². The highest BCUT2D eigenvalue weighted by Crippen LogP contribution is 2.13. The van der Waals surface area contributed by atoms with E-state index in [0.29, 0.717) is 5.69 Å². The maximum atomic E-state index is 11.8. The highest BCUT2D eigenvalue weighted by Gasteiger charge is 2.17. The fourth-order valence-electron chi connectivity index (χ4n) is 1.36. The van der Waals surface area contributed by atoms with Gasteiger partial charge in [-0.25, -0.2) is 4.79 Å². The first-order valence-corrected chi connectivity index (χ1v) is 6.48. The highest BCUT2D eigenvalue weighted by atomic mass is 127. The molecule has 1 rings (SSSR count). The summed E-state index contributed by atoms with van der Waals surface area (Å²) in [7, 11) is 1.57. The minimum Gasteiger partial charge on any atom is -0.481 e. The Hall–Kier alpha value is -1.31. The number of rotatable bonds is 4. The van der Waals surface area contributed by atoms with Crippen molar-refractivity contribution in [3.05, 3.63) is 27.8 Å². The lowest BCUT2D eigenvalue weighted by atomic mass is 10.2. The van der Waals surface area contributed by atoms with Gasteiger partial charge in [0.2, 0.25) is 0 Å². The van der Waals surface area contributed by atoms with Crippen LogP contribution in [-0.2, 0) is 4.79 Å². The van der Waals surface area contributed by atoms with Crippen LogP contribution in [0, 0.1) is 9.49 Å². The molecule has 0 aliphatic heterocycles. The first-order chi connectivity index (χ1) is 8.40. The minimum absolute atomic E-state index is 0.172. The molecule has 18 heavy (non-hydrogen) atoms. The second kappa shape index (κ2) is 6.58.